The molecule has 0 aliphatic rings. The normalized spacial score (nSPS) is 13.3. The zero-order valence-corrected chi connectivity index (χ0v) is 11.7. The maximum atomic E-state index is 12.0. The molecule has 0 saturated carbocycles. The van der Waals surface area contributed by atoms with E-state index < -0.39 is 21.1 Å². The molecule has 1 unspecified atom stereocenters. The smallest absolute Gasteiger partial charge is 0.271 e. The Labute approximate surface area is 111 Å². The maximum Gasteiger partial charge on any atom is 0.271 e. The molecule has 0 spiro atoms. The van der Waals surface area contributed by atoms with E-state index in [1.54, 1.807) is 13.8 Å². The highest BCUT2D eigenvalue weighted by atomic mass is 32.2. The number of aliphatic hydroxyl groups excluding tert-OH is 1. The number of hydrogen-bond donors (Lipinski definition) is 2. The molecular formula is C11H16N2O5S. The van der Waals surface area contributed by atoms with E-state index in [4.69, 9.17) is 5.11 Å². The fourth-order valence-corrected chi connectivity index (χ4v) is 2.96. The average Bonchev–Trinajstić information content (AvgIpc) is 2.29. The summed E-state index contributed by atoms with van der Waals surface area (Å²) in [4.78, 5) is 9.98. The van der Waals surface area contributed by atoms with Gasteiger partial charge in [0.05, 0.1) is 15.9 Å². The van der Waals surface area contributed by atoms with Crippen molar-refractivity contribution in [3.05, 3.63) is 33.4 Å². The molecule has 106 valence electrons. The molecule has 0 aliphatic heterocycles. The number of hydrogen-bond acceptors (Lipinski definition) is 5. The van der Waals surface area contributed by atoms with Gasteiger partial charge in [-0.2, -0.15) is 0 Å². The summed E-state index contributed by atoms with van der Waals surface area (Å²) in [6, 6.07) is 2.34. The van der Waals surface area contributed by atoms with Crippen LogP contribution < -0.4 is 4.72 Å². The van der Waals surface area contributed by atoms with Crippen molar-refractivity contribution in [3.8, 4) is 0 Å². The van der Waals surface area contributed by atoms with E-state index in [0.717, 1.165) is 6.07 Å². The molecule has 1 aromatic rings. The zero-order valence-electron chi connectivity index (χ0n) is 10.9. The van der Waals surface area contributed by atoms with Crippen LogP contribution >= 0.6 is 0 Å². The molecule has 0 amide bonds. The van der Waals surface area contributed by atoms with E-state index in [2.05, 4.69) is 4.72 Å². The standard InChI is InChI=1S/C11H16N2O5S/c1-7-4-10(13(15)16)5-11(9(7)3)19(17,18)12-6-8(2)14/h4-5,8,12,14H,6H2,1-3H3. The van der Waals surface area contributed by atoms with Crippen molar-refractivity contribution in [1.82, 2.24) is 4.72 Å². The number of non-ortho nitro benzene ring substituents is 1. The second-order valence-corrected chi connectivity index (χ2v) is 6.08. The first-order chi connectivity index (χ1) is 8.65. The summed E-state index contributed by atoms with van der Waals surface area (Å²) < 4.78 is 26.3. The Balaban J connectivity index is 3.29. The van der Waals surface area contributed by atoms with Crippen LogP contribution in [0.1, 0.15) is 18.1 Å². The third-order valence-corrected chi connectivity index (χ3v) is 4.22. The van der Waals surface area contributed by atoms with Crippen LogP contribution in [0, 0.1) is 24.0 Å². The number of nitrogens with one attached hydrogen (secondary N) is 1. The molecule has 0 aromatic heterocycles. The predicted molar refractivity (Wildman–Crippen MR) is 69.4 cm³/mol. The lowest BCUT2D eigenvalue weighted by atomic mass is 10.1. The Bertz CT molecular complexity index is 595. The summed E-state index contributed by atoms with van der Waals surface area (Å²) in [7, 11) is -3.88. The molecule has 1 atom stereocenters. The summed E-state index contributed by atoms with van der Waals surface area (Å²) in [5.41, 5.74) is 0.691. The largest absolute Gasteiger partial charge is 0.392 e. The number of rotatable bonds is 5. The van der Waals surface area contributed by atoms with Crippen LogP contribution in [0.3, 0.4) is 0 Å². The summed E-state index contributed by atoms with van der Waals surface area (Å²) in [6.45, 7) is 4.48. The minimum absolute atomic E-state index is 0.139. The summed E-state index contributed by atoms with van der Waals surface area (Å²) in [5, 5.41) is 19.9. The van der Waals surface area contributed by atoms with Gasteiger partial charge < -0.3 is 5.11 Å². The number of aryl methyl sites for hydroxylation is 1. The van der Waals surface area contributed by atoms with Crippen LogP contribution in [0.2, 0.25) is 0 Å². The molecule has 0 heterocycles. The topological polar surface area (TPSA) is 110 Å². The van der Waals surface area contributed by atoms with Gasteiger partial charge in [0.15, 0.2) is 0 Å². The van der Waals surface area contributed by atoms with Crippen LogP contribution in [0.25, 0.3) is 0 Å². The van der Waals surface area contributed by atoms with Gasteiger partial charge >= 0.3 is 0 Å². The predicted octanol–water partition coefficient (Wildman–Crippen LogP) is 0.871. The molecule has 0 aliphatic carbocycles. The van der Waals surface area contributed by atoms with Gasteiger partial charge in [-0.3, -0.25) is 10.1 Å². The van der Waals surface area contributed by atoms with Crippen molar-refractivity contribution in [2.24, 2.45) is 0 Å². The molecule has 1 rings (SSSR count). The van der Waals surface area contributed by atoms with Crippen LogP contribution in [0.5, 0.6) is 0 Å². The van der Waals surface area contributed by atoms with Gasteiger partial charge in [0.1, 0.15) is 0 Å². The van der Waals surface area contributed by atoms with Gasteiger partial charge in [-0.05, 0) is 31.9 Å². The first-order valence-electron chi connectivity index (χ1n) is 5.58. The van der Waals surface area contributed by atoms with Crippen molar-refractivity contribution in [2.75, 3.05) is 6.54 Å². The van der Waals surface area contributed by atoms with Gasteiger partial charge in [0.2, 0.25) is 10.0 Å². The van der Waals surface area contributed by atoms with Crippen LogP contribution in [-0.4, -0.2) is 31.1 Å². The molecule has 1 aromatic carbocycles. The Kier molecular flexibility index (Phi) is 4.61. The molecule has 7 nitrogen and oxygen atoms in total. The highest BCUT2D eigenvalue weighted by Gasteiger charge is 2.22. The van der Waals surface area contributed by atoms with E-state index in [0.29, 0.717) is 11.1 Å². The van der Waals surface area contributed by atoms with Crippen molar-refractivity contribution in [2.45, 2.75) is 31.8 Å². The van der Waals surface area contributed by atoms with Gasteiger partial charge in [0, 0.05) is 18.7 Å². The van der Waals surface area contributed by atoms with Gasteiger partial charge in [-0.25, -0.2) is 13.1 Å². The molecule has 2 N–H and O–H groups in total. The highest BCUT2D eigenvalue weighted by Crippen LogP contribution is 2.25. The molecule has 0 fully saturated rings. The van der Waals surface area contributed by atoms with E-state index >= 15 is 0 Å². The van der Waals surface area contributed by atoms with E-state index in [1.165, 1.54) is 13.0 Å². The second kappa shape index (κ2) is 5.64. The van der Waals surface area contributed by atoms with Gasteiger partial charge in [-0.1, -0.05) is 0 Å². The van der Waals surface area contributed by atoms with Gasteiger partial charge in [0.25, 0.3) is 5.69 Å². The Hall–Kier alpha value is -1.51. The average molecular weight is 288 g/mol. The number of nitro benzene ring substituents is 1. The summed E-state index contributed by atoms with van der Waals surface area (Å²) in [5.74, 6) is 0. The lowest BCUT2D eigenvalue weighted by Crippen LogP contribution is -2.31. The summed E-state index contributed by atoms with van der Waals surface area (Å²) >= 11 is 0. The number of benzene rings is 1. The number of nitro groups is 1. The molecule has 8 heteroatoms. The van der Waals surface area contributed by atoms with E-state index in [-0.39, 0.29) is 17.1 Å². The number of nitrogens with zero attached hydrogens (tertiary/aromatic N) is 1. The third kappa shape index (κ3) is 3.72. The van der Waals surface area contributed by atoms with E-state index in [9.17, 15) is 18.5 Å². The quantitative estimate of drug-likeness (QED) is 0.617. The monoisotopic (exact) mass is 288 g/mol. The molecule has 0 radical (unpaired) electrons. The van der Waals surface area contributed by atoms with Crippen molar-refractivity contribution < 1.29 is 18.4 Å². The van der Waals surface area contributed by atoms with Crippen molar-refractivity contribution in [3.63, 3.8) is 0 Å². The van der Waals surface area contributed by atoms with Crippen molar-refractivity contribution in [1.29, 1.82) is 0 Å². The Morgan fingerprint density at radius 2 is 2.00 bits per heavy atom. The minimum Gasteiger partial charge on any atom is -0.392 e. The Morgan fingerprint density at radius 3 is 2.47 bits per heavy atom. The van der Waals surface area contributed by atoms with Crippen molar-refractivity contribution >= 4 is 15.7 Å². The van der Waals surface area contributed by atoms with Crippen LogP contribution in [-0.2, 0) is 10.0 Å². The number of aliphatic hydroxyl groups is 1. The lowest BCUT2D eigenvalue weighted by molar-refractivity contribution is -0.385. The fraction of sp³-hybridized carbons (Fsp3) is 0.455. The minimum atomic E-state index is -3.88. The van der Waals surface area contributed by atoms with E-state index in [1.807, 2.05) is 0 Å². The first-order valence-corrected chi connectivity index (χ1v) is 7.07. The SMILES string of the molecule is Cc1cc([N+](=O)[O-])cc(S(=O)(=O)NCC(C)O)c1C. The lowest BCUT2D eigenvalue weighted by Gasteiger charge is -2.12. The maximum absolute atomic E-state index is 12.0. The van der Waals surface area contributed by atoms with Crippen LogP contribution in [0.4, 0.5) is 5.69 Å². The fourth-order valence-electron chi connectivity index (χ4n) is 1.50. The van der Waals surface area contributed by atoms with Crippen LogP contribution in [0.15, 0.2) is 17.0 Å². The first kappa shape index (κ1) is 15.5. The third-order valence-electron chi connectivity index (χ3n) is 2.67. The summed E-state index contributed by atoms with van der Waals surface area (Å²) in [6.07, 6.45) is -0.838. The number of sulfonamides is 1. The molecule has 0 saturated heterocycles. The highest BCUT2D eigenvalue weighted by molar-refractivity contribution is 7.89. The van der Waals surface area contributed by atoms with Gasteiger partial charge in [-0.15, -0.1) is 0 Å². The Morgan fingerprint density at radius 1 is 1.42 bits per heavy atom. The second-order valence-electron chi connectivity index (χ2n) is 4.34. The zero-order chi connectivity index (χ0) is 14.8. The molecule has 19 heavy (non-hydrogen) atoms. The molecular weight excluding hydrogens is 272 g/mol. The molecule has 0 bridgehead atoms.